The minimum absolute atomic E-state index is 0. The molecule has 124 valence electrons. The van der Waals surface area contributed by atoms with Crippen LogP contribution in [0.15, 0.2) is 54.6 Å². The number of hydrogen-bond donors (Lipinski definition) is 2. The maximum Gasteiger partial charge on any atom is 0.233 e. The number of amides is 1. The van der Waals surface area contributed by atoms with Crippen LogP contribution in [0, 0.1) is 0 Å². The van der Waals surface area contributed by atoms with Gasteiger partial charge < -0.3 is 15.4 Å². The fourth-order valence-corrected chi connectivity index (χ4v) is 2.10. The van der Waals surface area contributed by atoms with Crippen LogP contribution in [0.4, 0.5) is 0 Å². The Balaban J connectivity index is 0.00000264. The predicted octanol–water partition coefficient (Wildman–Crippen LogP) is 2.57. The molecule has 0 aliphatic rings. The lowest BCUT2D eigenvalue weighted by molar-refractivity contribution is -0.120. The van der Waals surface area contributed by atoms with Crippen LogP contribution >= 0.6 is 12.4 Å². The molecular formula is C18H23ClN2O2. The smallest absolute Gasteiger partial charge is 0.233 e. The predicted molar refractivity (Wildman–Crippen MR) is 95.1 cm³/mol. The van der Waals surface area contributed by atoms with Crippen molar-refractivity contribution in [3.8, 4) is 5.75 Å². The third kappa shape index (κ3) is 7.17. The molecule has 0 aromatic heterocycles. The number of carbonyl (C=O) groups is 1. The van der Waals surface area contributed by atoms with Gasteiger partial charge in [-0.15, -0.1) is 12.4 Å². The van der Waals surface area contributed by atoms with E-state index in [4.69, 9.17) is 4.74 Å². The highest BCUT2D eigenvalue weighted by molar-refractivity contribution is 5.85. The van der Waals surface area contributed by atoms with Crippen molar-refractivity contribution in [1.82, 2.24) is 10.6 Å². The van der Waals surface area contributed by atoms with E-state index in [2.05, 4.69) is 10.6 Å². The van der Waals surface area contributed by atoms with Crippen molar-refractivity contribution >= 4 is 18.3 Å². The van der Waals surface area contributed by atoms with Crippen LogP contribution in [-0.2, 0) is 17.8 Å². The molecule has 0 saturated carbocycles. The average Bonchev–Trinajstić information content (AvgIpc) is 2.55. The molecule has 0 saturated heterocycles. The van der Waals surface area contributed by atoms with Gasteiger partial charge in [0, 0.05) is 6.54 Å². The van der Waals surface area contributed by atoms with Crippen molar-refractivity contribution in [2.75, 3.05) is 20.1 Å². The normalized spacial score (nSPS) is 9.78. The summed E-state index contributed by atoms with van der Waals surface area (Å²) in [6.07, 6.45) is 0.790. The topological polar surface area (TPSA) is 50.4 Å². The molecule has 2 N–H and O–H groups in total. The van der Waals surface area contributed by atoms with E-state index in [1.165, 1.54) is 0 Å². The third-order valence-corrected chi connectivity index (χ3v) is 3.22. The van der Waals surface area contributed by atoms with Crippen LogP contribution in [0.2, 0.25) is 0 Å². The Labute approximate surface area is 143 Å². The van der Waals surface area contributed by atoms with Crippen molar-refractivity contribution in [2.24, 2.45) is 0 Å². The van der Waals surface area contributed by atoms with Crippen molar-refractivity contribution < 1.29 is 9.53 Å². The summed E-state index contributed by atoms with van der Waals surface area (Å²) in [7, 11) is 1.76. The second-order valence-corrected chi connectivity index (χ2v) is 5.05. The molecule has 0 radical (unpaired) electrons. The van der Waals surface area contributed by atoms with Gasteiger partial charge in [-0.3, -0.25) is 4.79 Å². The molecule has 4 nitrogen and oxygen atoms in total. The van der Waals surface area contributed by atoms with E-state index < -0.39 is 0 Å². The Hall–Kier alpha value is -2.04. The van der Waals surface area contributed by atoms with Gasteiger partial charge in [-0.2, -0.15) is 0 Å². The van der Waals surface area contributed by atoms with Crippen molar-refractivity contribution in [1.29, 1.82) is 0 Å². The summed E-state index contributed by atoms with van der Waals surface area (Å²) in [5, 5.41) is 5.69. The number of hydrogen-bond acceptors (Lipinski definition) is 3. The van der Waals surface area contributed by atoms with E-state index in [-0.39, 0.29) is 18.3 Å². The van der Waals surface area contributed by atoms with E-state index in [9.17, 15) is 4.79 Å². The highest BCUT2D eigenvalue weighted by atomic mass is 35.5. The van der Waals surface area contributed by atoms with Gasteiger partial charge in [-0.05, 0) is 36.7 Å². The maximum atomic E-state index is 11.4. The Bertz CT molecular complexity index is 591. The van der Waals surface area contributed by atoms with Crippen molar-refractivity contribution in [3.05, 3.63) is 65.7 Å². The van der Waals surface area contributed by atoms with Gasteiger partial charge in [-0.1, -0.05) is 42.5 Å². The first-order valence-electron chi connectivity index (χ1n) is 7.45. The van der Waals surface area contributed by atoms with Gasteiger partial charge in [0.2, 0.25) is 5.91 Å². The quantitative estimate of drug-likeness (QED) is 0.780. The molecule has 0 bridgehead atoms. The highest BCUT2D eigenvalue weighted by Crippen LogP contribution is 2.15. The number of likely N-dealkylation sites (N-methyl/N-ethyl adjacent to an activating group) is 1. The second kappa shape index (κ2) is 10.6. The molecule has 0 atom stereocenters. The van der Waals surface area contributed by atoms with Crippen LogP contribution in [0.5, 0.6) is 5.75 Å². The first kappa shape index (κ1) is 19.0. The van der Waals surface area contributed by atoms with E-state index in [1.807, 2.05) is 54.6 Å². The zero-order valence-electron chi connectivity index (χ0n) is 13.2. The van der Waals surface area contributed by atoms with Crippen LogP contribution in [0.25, 0.3) is 0 Å². The van der Waals surface area contributed by atoms with Crippen LogP contribution < -0.4 is 15.4 Å². The zero-order valence-corrected chi connectivity index (χ0v) is 14.1. The van der Waals surface area contributed by atoms with E-state index >= 15 is 0 Å². The number of rotatable bonds is 8. The molecule has 0 fully saturated rings. The van der Waals surface area contributed by atoms with Gasteiger partial charge in [0.25, 0.3) is 0 Å². The third-order valence-electron chi connectivity index (χ3n) is 3.22. The Morgan fingerprint density at radius 3 is 2.52 bits per heavy atom. The Morgan fingerprint density at radius 2 is 1.78 bits per heavy atom. The maximum absolute atomic E-state index is 11.4. The molecular weight excluding hydrogens is 312 g/mol. The molecule has 2 rings (SSSR count). The highest BCUT2D eigenvalue weighted by Gasteiger charge is 2.01. The zero-order chi connectivity index (χ0) is 15.6. The first-order chi connectivity index (χ1) is 10.8. The first-order valence-corrected chi connectivity index (χ1v) is 7.45. The molecule has 23 heavy (non-hydrogen) atoms. The van der Waals surface area contributed by atoms with Crippen LogP contribution in [0.3, 0.4) is 0 Å². The summed E-state index contributed by atoms with van der Waals surface area (Å²) in [6, 6.07) is 18.1. The summed E-state index contributed by atoms with van der Waals surface area (Å²) in [5.41, 5.74) is 2.29. The number of carbonyl (C=O) groups excluding carboxylic acids is 1. The minimum atomic E-state index is 0. The van der Waals surface area contributed by atoms with E-state index in [0.29, 0.717) is 19.7 Å². The Morgan fingerprint density at radius 1 is 1.04 bits per heavy atom. The fraction of sp³-hybridized carbons (Fsp3) is 0.278. The molecule has 0 heterocycles. The molecule has 2 aromatic carbocycles. The lowest BCUT2D eigenvalue weighted by atomic mass is 10.1. The summed E-state index contributed by atoms with van der Waals surface area (Å²) in [5.74, 6) is 0.863. The molecule has 0 aliphatic heterocycles. The van der Waals surface area contributed by atoms with E-state index in [1.54, 1.807) is 7.05 Å². The van der Waals surface area contributed by atoms with Gasteiger partial charge in [-0.25, -0.2) is 0 Å². The summed E-state index contributed by atoms with van der Waals surface area (Å²) >= 11 is 0. The molecule has 0 spiro atoms. The molecule has 1 amide bonds. The summed E-state index contributed by atoms with van der Waals surface area (Å²) < 4.78 is 5.80. The van der Waals surface area contributed by atoms with Crippen LogP contribution in [-0.4, -0.2) is 26.0 Å². The summed E-state index contributed by atoms with van der Waals surface area (Å²) in [4.78, 5) is 11.4. The van der Waals surface area contributed by atoms with Gasteiger partial charge in [0.15, 0.2) is 0 Å². The largest absolute Gasteiger partial charge is 0.489 e. The molecule has 0 unspecified atom stereocenters. The average molecular weight is 335 g/mol. The van der Waals surface area contributed by atoms with Gasteiger partial charge in [0.05, 0.1) is 6.54 Å². The minimum Gasteiger partial charge on any atom is -0.489 e. The molecule has 2 aromatic rings. The van der Waals surface area contributed by atoms with E-state index in [0.717, 1.165) is 23.3 Å². The lowest BCUT2D eigenvalue weighted by Gasteiger charge is -2.09. The van der Waals surface area contributed by atoms with Crippen LogP contribution in [0.1, 0.15) is 11.1 Å². The molecule has 5 heteroatoms. The second-order valence-electron chi connectivity index (χ2n) is 5.05. The number of halogens is 1. The molecule has 0 aliphatic carbocycles. The monoisotopic (exact) mass is 334 g/mol. The number of ether oxygens (including phenoxy) is 1. The fourth-order valence-electron chi connectivity index (χ4n) is 2.10. The number of nitrogens with one attached hydrogen (secondary N) is 2. The standard InChI is InChI=1S/C18H22N2O2.ClH/c1-19-13-18(21)20-11-10-15-8-5-9-17(12-15)22-14-16-6-3-2-4-7-16;/h2-9,12,19H,10-11,13-14H2,1H3,(H,20,21);1H. The van der Waals surface area contributed by atoms with Crippen molar-refractivity contribution in [2.45, 2.75) is 13.0 Å². The van der Waals surface area contributed by atoms with Gasteiger partial charge in [0.1, 0.15) is 12.4 Å². The van der Waals surface area contributed by atoms with Gasteiger partial charge >= 0.3 is 0 Å². The Kier molecular flexibility index (Phi) is 8.80. The number of benzene rings is 2. The lowest BCUT2D eigenvalue weighted by Crippen LogP contribution is -2.33. The van der Waals surface area contributed by atoms with Crippen molar-refractivity contribution in [3.63, 3.8) is 0 Å². The summed E-state index contributed by atoms with van der Waals surface area (Å²) in [6.45, 7) is 1.53. The SMILES string of the molecule is CNCC(=O)NCCc1cccc(OCc2ccccc2)c1.Cl.